The summed E-state index contributed by atoms with van der Waals surface area (Å²) in [6, 6.07) is 5.29. The van der Waals surface area contributed by atoms with Crippen molar-refractivity contribution < 1.29 is 23.9 Å². The molecule has 0 unspecified atom stereocenters. The van der Waals surface area contributed by atoms with Gasteiger partial charge in [0.05, 0.1) is 11.5 Å². The summed E-state index contributed by atoms with van der Waals surface area (Å²) in [7, 11) is 0. The van der Waals surface area contributed by atoms with Gasteiger partial charge in [0.15, 0.2) is 11.5 Å². The van der Waals surface area contributed by atoms with Crippen LogP contribution in [0.5, 0.6) is 11.5 Å². The van der Waals surface area contributed by atoms with Gasteiger partial charge in [0.1, 0.15) is 13.2 Å². The molecule has 0 aromatic heterocycles. The summed E-state index contributed by atoms with van der Waals surface area (Å²) < 4.78 is 11.2. The summed E-state index contributed by atoms with van der Waals surface area (Å²) in [6.45, 7) is 7.47. The van der Waals surface area contributed by atoms with E-state index in [0.717, 1.165) is 29.5 Å². The Kier molecular flexibility index (Phi) is 6.98. The van der Waals surface area contributed by atoms with E-state index in [2.05, 4.69) is 6.58 Å². The van der Waals surface area contributed by atoms with Crippen molar-refractivity contribution in [2.45, 2.75) is 19.8 Å². The summed E-state index contributed by atoms with van der Waals surface area (Å²) in [6.07, 6.45) is 5.19. The zero-order chi connectivity index (χ0) is 20.8. The number of nitrogens with zero attached hydrogens (tertiary/aromatic N) is 2. The monoisotopic (exact) mass is 416 g/mol. The fourth-order valence-electron chi connectivity index (χ4n) is 3.14. The fraction of sp³-hybridized carbons (Fsp3) is 0.381. The van der Waals surface area contributed by atoms with Crippen molar-refractivity contribution in [3.63, 3.8) is 0 Å². The highest BCUT2D eigenvalue weighted by Crippen LogP contribution is 2.34. The second-order valence-electron chi connectivity index (χ2n) is 6.59. The van der Waals surface area contributed by atoms with Crippen LogP contribution in [0.1, 0.15) is 25.3 Å². The SMILES string of the molecule is C=CCOc1ccc(/C=C2\SC(=O)N(CC(=O)N3CCCC3)C2=O)cc1OCC. The second-order valence-corrected chi connectivity index (χ2v) is 7.59. The van der Waals surface area contributed by atoms with E-state index < -0.39 is 11.1 Å². The minimum atomic E-state index is -0.447. The predicted molar refractivity (Wildman–Crippen MR) is 112 cm³/mol. The van der Waals surface area contributed by atoms with E-state index in [4.69, 9.17) is 9.47 Å². The molecule has 7 nitrogen and oxygen atoms in total. The number of amides is 3. The lowest BCUT2D eigenvalue weighted by Crippen LogP contribution is -2.40. The number of hydrogen-bond acceptors (Lipinski definition) is 6. The fourth-order valence-corrected chi connectivity index (χ4v) is 3.98. The van der Waals surface area contributed by atoms with Gasteiger partial charge < -0.3 is 14.4 Å². The lowest BCUT2D eigenvalue weighted by Gasteiger charge is -2.18. The Balaban J connectivity index is 1.75. The molecule has 0 saturated carbocycles. The third-order valence-corrected chi connectivity index (χ3v) is 5.46. The van der Waals surface area contributed by atoms with E-state index in [9.17, 15) is 14.4 Å². The van der Waals surface area contributed by atoms with Crippen LogP contribution < -0.4 is 9.47 Å². The standard InChI is InChI=1S/C21H24N2O5S/c1-3-11-28-16-8-7-15(12-17(16)27-4-2)13-18-20(25)23(21(26)29-18)14-19(24)22-9-5-6-10-22/h3,7-8,12-13H,1,4-6,9-11,14H2,2H3/b18-13-. The summed E-state index contributed by atoms with van der Waals surface area (Å²) in [5.74, 6) is 0.491. The number of ether oxygens (including phenoxy) is 2. The molecule has 0 spiro atoms. The van der Waals surface area contributed by atoms with Crippen molar-refractivity contribution in [1.29, 1.82) is 0 Å². The summed E-state index contributed by atoms with van der Waals surface area (Å²) in [5, 5.41) is -0.426. The number of likely N-dealkylation sites (tertiary alicyclic amines) is 1. The first kappa shape index (κ1) is 21.0. The van der Waals surface area contributed by atoms with Gasteiger partial charge in [0.25, 0.3) is 11.1 Å². The smallest absolute Gasteiger partial charge is 0.294 e. The first-order chi connectivity index (χ1) is 14.0. The summed E-state index contributed by atoms with van der Waals surface area (Å²) >= 11 is 0.841. The lowest BCUT2D eigenvalue weighted by molar-refractivity contribution is -0.135. The Labute approximate surface area is 174 Å². The van der Waals surface area contributed by atoms with E-state index in [-0.39, 0.29) is 17.4 Å². The Morgan fingerprint density at radius 3 is 2.66 bits per heavy atom. The Morgan fingerprint density at radius 2 is 1.97 bits per heavy atom. The van der Waals surface area contributed by atoms with Gasteiger partial charge in [-0.05, 0) is 55.3 Å². The maximum Gasteiger partial charge on any atom is 0.294 e. The normalized spacial score (nSPS) is 17.9. The van der Waals surface area contributed by atoms with Crippen LogP contribution in [0.3, 0.4) is 0 Å². The molecule has 154 valence electrons. The van der Waals surface area contributed by atoms with Gasteiger partial charge in [-0.25, -0.2) is 0 Å². The molecule has 1 aromatic rings. The zero-order valence-corrected chi connectivity index (χ0v) is 17.2. The molecule has 3 rings (SSSR count). The summed E-state index contributed by atoms with van der Waals surface area (Å²) in [4.78, 5) is 40.3. The maximum absolute atomic E-state index is 12.7. The van der Waals surface area contributed by atoms with E-state index in [1.807, 2.05) is 6.92 Å². The number of hydrogen-bond donors (Lipinski definition) is 0. The van der Waals surface area contributed by atoms with Gasteiger partial charge in [-0.2, -0.15) is 0 Å². The third kappa shape index (κ3) is 5.00. The van der Waals surface area contributed by atoms with Gasteiger partial charge in [-0.15, -0.1) is 0 Å². The highest BCUT2D eigenvalue weighted by Gasteiger charge is 2.37. The van der Waals surface area contributed by atoms with Crippen molar-refractivity contribution in [1.82, 2.24) is 9.80 Å². The molecule has 8 heteroatoms. The van der Waals surface area contributed by atoms with Crippen molar-refractivity contribution in [3.05, 3.63) is 41.3 Å². The third-order valence-electron chi connectivity index (χ3n) is 4.55. The minimum Gasteiger partial charge on any atom is -0.490 e. The average molecular weight is 416 g/mol. The number of carbonyl (C=O) groups excluding carboxylic acids is 3. The summed E-state index contributed by atoms with van der Waals surface area (Å²) in [5.41, 5.74) is 0.704. The number of rotatable bonds is 8. The molecule has 0 N–H and O–H groups in total. The van der Waals surface area contributed by atoms with Crippen molar-refractivity contribution in [2.75, 3.05) is 32.8 Å². The Morgan fingerprint density at radius 1 is 1.21 bits per heavy atom. The molecule has 2 saturated heterocycles. The van der Waals surface area contributed by atoms with Gasteiger partial charge in [-0.3, -0.25) is 19.3 Å². The molecular formula is C21H24N2O5S. The molecule has 2 aliphatic heterocycles. The molecule has 3 amide bonds. The van der Waals surface area contributed by atoms with Crippen molar-refractivity contribution in [3.8, 4) is 11.5 Å². The van der Waals surface area contributed by atoms with Crippen LogP contribution in [0.2, 0.25) is 0 Å². The van der Waals surface area contributed by atoms with Crippen LogP contribution in [0, 0.1) is 0 Å². The first-order valence-electron chi connectivity index (χ1n) is 9.57. The lowest BCUT2D eigenvalue weighted by atomic mass is 10.2. The molecule has 2 aliphatic rings. The highest BCUT2D eigenvalue weighted by molar-refractivity contribution is 8.18. The molecule has 2 heterocycles. The van der Waals surface area contributed by atoms with Gasteiger partial charge in [-0.1, -0.05) is 18.7 Å². The van der Waals surface area contributed by atoms with Gasteiger partial charge in [0.2, 0.25) is 5.91 Å². The quantitative estimate of drug-likeness (QED) is 0.478. The van der Waals surface area contributed by atoms with Crippen molar-refractivity contribution >= 4 is 34.9 Å². The van der Waals surface area contributed by atoms with Crippen molar-refractivity contribution in [2.24, 2.45) is 0 Å². The van der Waals surface area contributed by atoms with E-state index in [1.54, 1.807) is 35.3 Å². The molecule has 0 atom stereocenters. The van der Waals surface area contributed by atoms with E-state index >= 15 is 0 Å². The Bertz CT molecular complexity index is 845. The predicted octanol–water partition coefficient (Wildman–Crippen LogP) is 3.31. The first-order valence-corrected chi connectivity index (χ1v) is 10.4. The average Bonchev–Trinajstić information content (AvgIpc) is 3.33. The number of imide groups is 1. The van der Waals surface area contributed by atoms with E-state index in [1.165, 1.54) is 0 Å². The molecular weight excluding hydrogens is 392 g/mol. The number of benzene rings is 1. The minimum absolute atomic E-state index is 0.187. The molecule has 0 bridgehead atoms. The zero-order valence-electron chi connectivity index (χ0n) is 16.4. The highest BCUT2D eigenvalue weighted by atomic mass is 32.2. The Hall–Kier alpha value is -2.74. The largest absolute Gasteiger partial charge is 0.490 e. The van der Waals surface area contributed by atoms with Crippen LogP contribution in [-0.2, 0) is 9.59 Å². The molecule has 1 aromatic carbocycles. The molecule has 29 heavy (non-hydrogen) atoms. The van der Waals surface area contributed by atoms with Gasteiger partial charge in [0, 0.05) is 13.1 Å². The number of carbonyl (C=O) groups is 3. The topological polar surface area (TPSA) is 76.2 Å². The van der Waals surface area contributed by atoms with E-state index in [0.29, 0.717) is 43.4 Å². The van der Waals surface area contributed by atoms with Crippen LogP contribution in [0.25, 0.3) is 6.08 Å². The van der Waals surface area contributed by atoms with Crippen LogP contribution in [0.15, 0.2) is 35.8 Å². The number of thioether (sulfide) groups is 1. The molecule has 2 fully saturated rings. The van der Waals surface area contributed by atoms with Crippen LogP contribution in [-0.4, -0.2) is 59.7 Å². The van der Waals surface area contributed by atoms with Crippen LogP contribution >= 0.6 is 11.8 Å². The second kappa shape index (κ2) is 9.65. The van der Waals surface area contributed by atoms with Crippen LogP contribution in [0.4, 0.5) is 4.79 Å². The van der Waals surface area contributed by atoms with Gasteiger partial charge >= 0.3 is 0 Å². The molecule has 0 radical (unpaired) electrons. The molecule has 0 aliphatic carbocycles. The maximum atomic E-state index is 12.7.